The molecular formula is C11H18BrN3. The highest BCUT2D eigenvalue weighted by molar-refractivity contribution is 9.10. The number of rotatable bonds is 3. The van der Waals surface area contributed by atoms with Gasteiger partial charge in [-0.05, 0) is 35.2 Å². The predicted molar refractivity (Wildman–Crippen MR) is 64.8 cm³/mol. The van der Waals surface area contributed by atoms with Gasteiger partial charge < -0.3 is 9.88 Å². The van der Waals surface area contributed by atoms with Crippen LogP contribution in [0.15, 0.2) is 4.60 Å². The molecule has 1 N–H and O–H groups in total. The van der Waals surface area contributed by atoms with Crippen molar-refractivity contribution in [2.24, 2.45) is 0 Å². The molecule has 0 saturated carbocycles. The summed E-state index contributed by atoms with van der Waals surface area (Å²) in [5.41, 5.74) is 1.38. The van der Waals surface area contributed by atoms with Crippen molar-refractivity contribution in [2.75, 3.05) is 0 Å². The highest BCUT2D eigenvalue weighted by Crippen LogP contribution is 2.24. The van der Waals surface area contributed by atoms with E-state index in [-0.39, 0.29) is 0 Å². The van der Waals surface area contributed by atoms with Crippen molar-refractivity contribution in [1.82, 2.24) is 14.9 Å². The number of halogens is 1. The lowest BCUT2D eigenvalue weighted by Crippen LogP contribution is -2.25. The maximum absolute atomic E-state index is 4.58. The molecule has 2 heterocycles. The quantitative estimate of drug-likeness (QED) is 0.916. The molecule has 0 atom stereocenters. The van der Waals surface area contributed by atoms with Crippen LogP contribution in [0.4, 0.5) is 0 Å². The minimum atomic E-state index is 0.514. The maximum atomic E-state index is 4.58. The first-order chi connectivity index (χ1) is 7.18. The maximum Gasteiger partial charge on any atom is 0.127 e. The Morgan fingerprint density at radius 3 is 3.00 bits per heavy atom. The normalized spacial score (nSPS) is 15.7. The summed E-state index contributed by atoms with van der Waals surface area (Å²) < 4.78 is 3.41. The molecule has 1 aliphatic heterocycles. The summed E-state index contributed by atoms with van der Waals surface area (Å²) in [6, 6.07) is 0.514. The van der Waals surface area contributed by atoms with E-state index in [1.165, 1.54) is 24.4 Å². The van der Waals surface area contributed by atoms with Crippen molar-refractivity contribution in [2.45, 2.75) is 52.2 Å². The highest BCUT2D eigenvalue weighted by Gasteiger charge is 2.17. The minimum absolute atomic E-state index is 0.514. The number of fused-ring (bicyclic) bond motifs is 1. The van der Waals surface area contributed by atoms with E-state index in [1.54, 1.807) is 0 Å². The zero-order valence-electron chi connectivity index (χ0n) is 9.39. The summed E-state index contributed by atoms with van der Waals surface area (Å²) in [5, 5.41) is 3.42. The molecule has 15 heavy (non-hydrogen) atoms. The van der Waals surface area contributed by atoms with E-state index < -0.39 is 0 Å². The highest BCUT2D eigenvalue weighted by atomic mass is 79.9. The molecule has 0 aromatic carbocycles. The van der Waals surface area contributed by atoms with Gasteiger partial charge in [0.05, 0.1) is 12.2 Å². The second-order valence-corrected chi connectivity index (χ2v) is 5.16. The van der Waals surface area contributed by atoms with Gasteiger partial charge in [-0.3, -0.25) is 0 Å². The van der Waals surface area contributed by atoms with Crippen LogP contribution < -0.4 is 5.32 Å². The van der Waals surface area contributed by atoms with E-state index in [4.69, 9.17) is 0 Å². The zero-order valence-corrected chi connectivity index (χ0v) is 11.0. The molecule has 0 bridgehead atoms. The van der Waals surface area contributed by atoms with E-state index in [9.17, 15) is 0 Å². The van der Waals surface area contributed by atoms with Gasteiger partial charge in [0, 0.05) is 12.6 Å². The second kappa shape index (κ2) is 4.66. The third kappa shape index (κ3) is 2.42. The summed E-state index contributed by atoms with van der Waals surface area (Å²) in [7, 11) is 0. The molecule has 0 aliphatic carbocycles. The summed E-state index contributed by atoms with van der Waals surface area (Å²) in [6.45, 7) is 6.32. The fourth-order valence-electron chi connectivity index (χ4n) is 2.00. The topological polar surface area (TPSA) is 29.9 Å². The standard InChI is InChI=1S/C11H18BrN3/c1-8(2)13-7-10-14-11(12)9-5-3-4-6-15(9)10/h8,13H,3-7H2,1-2H3. The van der Waals surface area contributed by atoms with Gasteiger partial charge in [0.2, 0.25) is 0 Å². The molecule has 1 aromatic heterocycles. The van der Waals surface area contributed by atoms with Crippen molar-refractivity contribution in [3.05, 3.63) is 16.1 Å². The Morgan fingerprint density at radius 2 is 2.27 bits per heavy atom. The van der Waals surface area contributed by atoms with Gasteiger partial charge in [-0.1, -0.05) is 13.8 Å². The van der Waals surface area contributed by atoms with Crippen LogP contribution in [0.3, 0.4) is 0 Å². The molecule has 0 saturated heterocycles. The van der Waals surface area contributed by atoms with E-state index in [0.29, 0.717) is 6.04 Å². The Bertz CT molecular complexity index is 344. The van der Waals surface area contributed by atoms with Crippen molar-refractivity contribution >= 4 is 15.9 Å². The van der Waals surface area contributed by atoms with Crippen LogP contribution in [0, 0.1) is 0 Å². The van der Waals surface area contributed by atoms with E-state index in [1.807, 2.05) is 0 Å². The van der Waals surface area contributed by atoms with Crippen LogP contribution in [0.1, 0.15) is 38.2 Å². The lowest BCUT2D eigenvalue weighted by Gasteiger charge is -2.17. The van der Waals surface area contributed by atoms with Gasteiger partial charge in [-0.2, -0.15) is 0 Å². The lowest BCUT2D eigenvalue weighted by atomic mass is 10.1. The molecule has 4 heteroatoms. The molecule has 2 rings (SSSR count). The fourth-order valence-corrected chi connectivity index (χ4v) is 2.62. The number of imidazole rings is 1. The first-order valence-corrected chi connectivity index (χ1v) is 6.45. The Kier molecular flexibility index (Phi) is 3.46. The van der Waals surface area contributed by atoms with Crippen molar-refractivity contribution in [3.63, 3.8) is 0 Å². The van der Waals surface area contributed by atoms with E-state index in [0.717, 1.165) is 24.1 Å². The summed E-state index contributed by atoms with van der Waals surface area (Å²) in [6.07, 6.45) is 3.74. The van der Waals surface area contributed by atoms with Crippen LogP contribution in [-0.4, -0.2) is 15.6 Å². The summed E-state index contributed by atoms with van der Waals surface area (Å²) >= 11 is 3.55. The number of nitrogens with one attached hydrogen (secondary N) is 1. The molecule has 1 aromatic rings. The van der Waals surface area contributed by atoms with Crippen molar-refractivity contribution < 1.29 is 0 Å². The van der Waals surface area contributed by atoms with Crippen LogP contribution in [0.2, 0.25) is 0 Å². The first-order valence-electron chi connectivity index (χ1n) is 5.65. The van der Waals surface area contributed by atoms with Gasteiger partial charge in [-0.25, -0.2) is 4.98 Å². The molecule has 0 radical (unpaired) electrons. The number of hydrogen-bond donors (Lipinski definition) is 1. The molecule has 0 unspecified atom stereocenters. The third-order valence-corrected chi connectivity index (χ3v) is 3.45. The Hall–Kier alpha value is -0.350. The van der Waals surface area contributed by atoms with Gasteiger partial charge in [0.25, 0.3) is 0 Å². The first kappa shape index (κ1) is 11.1. The van der Waals surface area contributed by atoms with Gasteiger partial charge in [0.1, 0.15) is 10.4 Å². The largest absolute Gasteiger partial charge is 0.330 e. The van der Waals surface area contributed by atoms with Crippen molar-refractivity contribution in [1.29, 1.82) is 0 Å². The summed E-state index contributed by atoms with van der Waals surface area (Å²) in [5.74, 6) is 1.17. The fraction of sp³-hybridized carbons (Fsp3) is 0.727. The summed E-state index contributed by atoms with van der Waals surface area (Å²) in [4.78, 5) is 4.58. The molecule has 3 nitrogen and oxygen atoms in total. The number of nitrogens with zero attached hydrogens (tertiary/aromatic N) is 2. The number of aromatic nitrogens is 2. The van der Waals surface area contributed by atoms with Crippen LogP contribution in [-0.2, 0) is 19.5 Å². The Balaban J connectivity index is 2.17. The van der Waals surface area contributed by atoms with Gasteiger partial charge in [-0.15, -0.1) is 0 Å². The molecule has 84 valence electrons. The zero-order chi connectivity index (χ0) is 10.8. The lowest BCUT2D eigenvalue weighted by molar-refractivity contribution is 0.489. The van der Waals surface area contributed by atoms with E-state index >= 15 is 0 Å². The molecule has 0 spiro atoms. The Labute approximate surface area is 99.4 Å². The van der Waals surface area contributed by atoms with Crippen LogP contribution in [0.25, 0.3) is 0 Å². The second-order valence-electron chi connectivity index (χ2n) is 4.41. The van der Waals surface area contributed by atoms with Gasteiger partial charge >= 0.3 is 0 Å². The van der Waals surface area contributed by atoms with Crippen molar-refractivity contribution in [3.8, 4) is 0 Å². The average Bonchev–Trinajstić information content (AvgIpc) is 2.54. The van der Waals surface area contributed by atoms with Crippen LogP contribution in [0.5, 0.6) is 0 Å². The SMILES string of the molecule is CC(C)NCc1nc(Br)c2n1CCCC2. The third-order valence-electron chi connectivity index (χ3n) is 2.82. The monoisotopic (exact) mass is 271 g/mol. The molecule has 1 aliphatic rings. The average molecular weight is 272 g/mol. The molecule has 0 amide bonds. The molecular weight excluding hydrogens is 254 g/mol. The van der Waals surface area contributed by atoms with Gasteiger partial charge in [0.15, 0.2) is 0 Å². The van der Waals surface area contributed by atoms with E-state index in [2.05, 4.69) is 44.6 Å². The minimum Gasteiger partial charge on any atom is -0.330 e. The molecule has 0 fully saturated rings. The number of hydrogen-bond acceptors (Lipinski definition) is 2. The smallest absolute Gasteiger partial charge is 0.127 e. The Morgan fingerprint density at radius 1 is 1.47 bits per heavy atom. The predicted octanol–water partition coefficient (Wildman–Crippen LogP) is 2.48. The van der Waals surface area contributed by atoms with Crippen LogP contribution >= 0.6 is 15.9 Å².